The molecule has 0 unspecified atom stereocenters. The van der Waals surface area contributed by atoms with Crippen molar-refractivity contribution in [3.05, 3.63) is 64.9 Å². The summed E-state index contributed by atoms with van der Waals surface area (Å²) in [5, 5.41) is 0.0366. The van der Waals surface area contributed by atoms with Crippen molar-refractivity contribution in [2.24, 2.45) is 23.7 Å². The van der Waals surface area contributed by atoms with Gasteiger partial charge in [0.25, 0.3) is 0 Å². The van der Waals surface area contributed by atoms with Crippen LogP contribution in [0.4, 0.5) is 4.39 Å². The molecule has 0 amide bonds. The second-order valence-electron chi connectivity index (χ2n) is 9.94. The third kappa shape index (κ3) is 5.92. The highest BCUT2D eigenvalue weighted by atomic mass is 35.5. The van der Waals surface area contributed by atoms with E-state index in [9.17, 15) is 9.18 Å². The molecule has 0 aromatic heterocycles. The van der Waals surface area contributed by atoms with Crippen molar-refractivity contribution in [3.63, 3.8) is 0 Å². The van der Waals surface area contributed by atoms with Crippen LogP contribution in [-0.4, -0.2) is 5.97 Å². The monoisotopic (exact) mass is 456 g/mol. The quantitative estimate of drug-likeness (QED) is 0.323. The van der Waals surface area contributed by atoms with E-state index in [0.29, 0.717) is 5.92 Å². The topological polar surface area (TPSA) is 26.3 Å². The second-order valence-corrected chi connectivity index (χ2v) is 10.3. The van der Waals surface area contributed by atoms with Crippen LogP contribution in [0.3, 0.4) is 0 Å². The number of halogens is 2. The molecule has 2 fully saturated rings. The molecule has 32 heavy (non-hydrogen) atoms. The maximum absolute atomic E-state index is 13.6. The Kier molecular flexibility index (Phi) is 7.88. The third-order valence-corrected chi connectivity index (χ3v) is 8.13. The lowest BCUT2D eigenvalue weighted by Gasteiger charge is -2.38. The van der Waals surface area contributed by atoms with Crippen LogP contribution in [0.25, 0.3) is 0 Å². The molecular formula is C28H34ClFO2. The summed E-state index contributed by atoms with van der Waals surface area (Å²) in [6, 6.07) is 15.0. The lowest BCUT2D eigenvalue weighted by Crippen LogP contribution is -2.30. The highest BCUT2D eigenvalue weighted by Crippen LogP contribution is 2.43. The third-order valence-electron chi connectivity index (χ3n) is 7.83. The van der Waals surface area contributed by atoms with E-state index in [1.54, 1.807) is 6.07 Å². The summed E-state index contributed by atoms with van der Waals surface area (Å²) in [5.74, 6) is 2.38. The predicted octanol–water partition coefficient (Wildman–Crippen LogP) is 8.19. The van der Waals surface area contributed by atoms with Crippen LogP contribution in [0.1, 0.15) is 76.2 Å². The van der Waals surface area contributed by atoms with Gasteiger partial charge in [0.05, 0.1) is 10.9 Å². The highest BCUT2D eigenvalue weighted by Gasteiger charge is 2.34. The van der Waals surface area contributed by atoms with Crippen LogP contribution in [0.15, 0.2) is 48.5 Å². The first-order valence-corrected chi connectivity index (χ1v) is 12.6. The molecule has 0 radical (unpaired) electrons. The molecule has 2 aliphatic carbocycles. The van der Waals surface area contributed by atoms with Gasteiger partial charge in [-0.2, -0.15) is 0 Å². The van der Waals surface area contributed by atoms with Gasteiger partial charge >= 0.3 is 5.97 Å². The van der Waals surface area contributed by atoms with Crippen LogP contribution in [-0.2, 0) is 4.79 Å². The molecule has 2 aromatic rings. The van der Waals surface area contributed by atoms with Crippen LogP contribution >= 0.6 is 11.6 Å². The molecule has 1 atom stereocenters. The molecule has 0 aliphatic heterocycles. The molecule has 2 aliphatic rings. The van der Waals surface area contributed by atoms with Gasteiger partial charge < -0.3 is 4.74 Å². The summed E-state index contributed by atoms with van der Waals surface area (Å²) in [6.45, 7) is 2.36. The smallest absolute Gasteiger partial charge is 0.314 e. The standard InChI is InChI=1S/C28H34ClFO2/c1-19(21-5-3-2-4-6-21)17-20-7-9-22(10-8-20)23-11-13-24(14-12-23)28(31)32-25-15-16-26(29)27(30)18-25/h2-6,15-16,18-20,22-24H,7-14,17H2,1H3/t19-,20?,22?,23?,24?/m1/s1. The van der Waals surface area contributed by atoms with Crippen LogP contribution < -0.4 is 4.74 Å². The summed E-state index contributed by atoms with van der Waals surface area (Å²) in [6.07, 6.45) is 10.6. The average molecular weight is 457 g/mol. The zero-order valence-corrected chi connectivity index (χ0v) is 19.7. The number of esters is 1. The van der Waals surface area contributed by atoms with Gasteiger partial charge in [0.1, 0.15) is 11.6 Å². The van der Waals surface area contributed by atoms with Gasteiger partial charge in [0.15, 0.2) is 0 Å². The number of ether oxygens (including phenoxy) is 1. The van der Waals surface area contributed by atoms with Gasteiger partial charge in [-0.25, -0.2) is 4.39 Å². The predicted molar refractivity (Wildman–Crippen MR) is 127 cm³/mol. The van der Waals surface area contributed by atoms with E-state index in [1.165, 1.54) is 49.8 Å². The first kappa shape index (κ1) is 23.3. The minimum absolute atomic E-state index is 0.0366. The first-order valence-electron chi connectivity index (χ1n) is 12.2. The van der Waals surface area contributed by atoms with Gasteiger partial charge in [-0.15, -0.1) is 0 Å². The molecule has 0 N–H and O–H groups in total. The minimum atomic E-state index is -0.561. The van der Waals surface area contributed by atoms with Crippen molar-refractivity contribution in [1.29, 1.82) is 0 Å². The van der Waals surface area contributed by atoms with E-state index < -0.39 is 5.82 Å². The van der Waals surface area contributed by atoms with E-state index in [2.05, 4.69) is 37.3 Å². The van der Waals surface area contributed by atoms with Crippen molar-refractivity contribution < 1.29 is 13.9 Å². The summed E-state index contributed by atoms with van der Waals surface area (Å²) in [5.41, 5.74) is 1.46. The Bertz CT molecular complexity index is 884. The molecule has 0 bridgehead atoms. The van der Waals surface area contributed by atoms with E-state index >= 15 is 0 Å². The molecule has 4 rings (SSSR count). The van der Waals surface area contributed by atoms with E-state index in [0.717, 1.165) is 43.4 Å². The van der Waals surface area contributed by atoms with Crippen LogP contribution in [0.2, 0.25) is 5.02 Å². The zero-order chi connectivity index (χ0) is 22.5. The highest BCUT2D eigenvalue weighted by molar-refractivity contribution is 6.30. The first-order chi connectivity index (χ1) is 15.5. The van der Waals surface area contributed by atoms with Gasteiger partial charge in [0.2, 0.25) is 0 Å². The van der Waals surface area contributed by atoms with Crippen molar-refractivity contribution >= 4 is 17.6 Å². The number of hydrogen-bond donors (Lipinski definition) is 0. The molecule has 172 valence electrons. The number of rotatable bonds is 6. The van der Waals surface area contributed by atoms with Gasteiger partial charge in [-0.3, -0.25) is 4.79 Å². The minimum Gasteiger partial charge on any atom is -0.426 e. The molecule has 0 heterocycles. The fourth-order valence-electron chi connectivity index (χ4n) is 5.88. The summed E-state index contributed by atoms with van der Waals surface area (Å²) < 4.78 is 19.0. The van der Waals surface area contributed by atoms with Gasteiger partial charge in [-0.05, 0) is 86.3 Å². The fraction of sp³-hybridized carbons (Fsp3) is 0.536. The maximum atomic E-state index is 13.6. The Morgan fingerprint density at radius 2 is 1.59 bits per heavy atom. The zero-order valence-electron chi connectivity index (χ0n) is 18.9. The van der Waals surface area contributed by atoms with E-state index in [1.807, 2.05) is 0 Å². The molecule has 2 aromatic carbocycles. The Balaban J connectivity index is 1.19. The maximum Gasteiger partial charge on any atom is 0.314 e. The van der Waals surface area contributed by atoms with Crippen molar-refractivity contribution in [2.45, 2.75) is 70.6 Å². The SMILES string of the molecule is C[C@H](CC1CCC(C2CCC(C(=O)Oc3ccc(Cl)c(F)c3)CC2)CC1)c1ccccc1. The molecule has 4 heteroatoms. The van der Waals surface area contributed by atoms with Gasteiger partial charge in [0, 0.05) is 6.07 Å². The average Bonchev–Trinajstić information content (AvgIpc) is 2.82. The molecule has 0 spiro atoms. The summed E-state index contributed by atoms with van der Waals surface area (Å²) in [4.78, 5) is 12.5. The normalized spacial score (nSPS) is 27.0. The lowest BCUT2D eigenvalue weighted by molar-refractivity contribution is -0.140. The summed E-state index contributed by atoms with van der Waals surface area (Å²) >= 11 is 5.70. The number of hydrogen-bond acceptors (Lipinski definition) is 2. The Hall–Kier alpha value is -1.87. The summed E-state index contributed by atoms with van der Waals surface area (Å²) in [7, 11) is 0. The lowest BCUT2D eigenvalue weighted by atomic mass is 9.68. The number of carbonyl (C=O) groups is 1. The molecule has 2 nitrogen and oxygen atoms in total. The molecule has 2 saturated carbocycles. The van der Waals surface area contributed by atoms with Crippen molar-refractivity contribution in [3.8, 4) is 5.75 Å². The van der Waals surface area contributed by atoms with Crippen LogP contribution in [0, 0.1) is 29.5 Å². The number of benzene rings is 2. The Labute approximate surface area is 196 Å². The fourth-order valence-corrected chi connectivity index (χ4v) is 6.00. The molecule has 0 saturated heterocycles. The second kappa shape index (κ2) is 10.8. The van der Waals surface area contributed by atoms with Gasteiger partial charge in [-0.1, -0.05) is 61.7 Å². The Morgan fingerprint density at radius 1 is 0.969 bits per heavy atom. The van der Waals surface area contributed by atoms with E-state index in [4.69, 9.17) is 16.3 Å². The van der Waals surface area contributed by atoms with E-state index in [-0.39, 0.29) is 22.7 Å². The largest absolute Gasteiger partial charge is 0.426 e. The number of carbonyl (C=O) groups excluding carboxylic acids is 1. The van der Waals surface area contributed by atoms with Crippen LogP contribution in [0.5, 0.6) is 5.75 Å². The van der Waals surface area contributed by atoms with Crippen molar-refractivity contribution in [2.75, 3.05) is 0 Å². The van der Waals surface area contributed by atoms with Crippen molar-refractivity contribution in [1.82, 2.24) is 0 Å². The molecular weight excluding hydrogens is 423 g/mol. The Morgan fingerprint density at radius 3 is 2.22 bits per heavy atom.